The molecule has 11 rings (SSSR count). The number of hydrogen-bond acceptors (Lipinski definition) is 6. The minimum Gasteiger partial charge on any atom is -0.434 e. The highest BCUT2D eigenvalue weighted by Crippen LogP contribution is 2.60. The van der Waals surface area contributed by atoms with Gasteiger partial charge in [0.1, 0.15) is 21.7 Å². The Kier molecular flexibility index (Phi) is 7.05. The average molecular weight is 743 g/mol. The van der Waals surface area contributed by atoms with E-state index in [1.54, 1.807) is 11.3 Å². The number of aromatic nitrogens is 2. The first-order valence-corrected chi connectivity index (χ1v) is 20.0. The predicted molar refractivity (Wildman–Crippen MR) is 232 cm³/mol. The zero-order chi connectivity index (χ0) is 37.8. The Labute approximate surface area is 330 Å². The molecule has 270 valence electrons. The van der Waals surface area contributed by atoms with Crippen molar-refractivity contribution in [3.63, 3.8) is 0 Å². The van der Waals surface area contributed by atoms with Crippen LogP contribution in [-0.4, -0.2) is 9.97 Å². The molecule has 0 atom stereocenters. The van der Waals surface area contributed by atoms with Gasteiger partial charge in [-0.15, -0.1) is 11.3 Å². The van der Waals surface area contributed by atoms with Gasteiger partial charge in [-0.05, 0) is 58.7 Å². The fourth-order valence-corrected chi connectivity index (χ4v) is 10.2. The van der Waals surface area contributed by atoms with Gasteiger partial charge in [-0.2, -0.15) is 0 Å². The van der Waals surface area contributed by atoms with E-state index in [9.17, 15) is 0 Å². The highest BCUT2D eigenvalue weighted by molar-refractivity contribution is 7.22. The van der Waals surface area contributed by atoms with E-state index in [4.69, 9.17) is 14.4 Å². The Morgan fingerprint density at radius 3 is 1.34 bits per heavy atom. The first kappa shape index (κ1) is 32.9. The maximum Gasteiger partial charge on any atom is 0.227 e. The van der Waals surface area contributed by atoms with Crippen LogP contribution in [0.4, 0.5) is 34.1 Å². The second kappa shape index (κ2) is 12.0. The summed E-state index contributed by atoms with van der Waals surface area (Å²) in [6.07, 6.45) is 0. The van der Waals surface area contributed by atoms with E-state index < -0.39 is 0 Å². The normalized spacial score (nSPS) is 15.0. The van der Waals surface area contributed by atoms with Gasteiger partial charge in [0.2, 0.25) is 5.89 Å². The molecular formula is C50H38N4OS. The molecule has 4 heterocycles. The molecule has 0 fully saturated rings. The van der Waals surface area contributed by atoms with Crippen molar-refractivity contribution >= 4 is 66.8 Å². The van der Waals surface area contributed by atoms with Crippen molar-refractivity contribution in [3.8, 4) is 22.0 Å². The molecule has 2 aliphatic rings. The quantitative estimate of drug-likeness (QED) is 0.180. The van der Waals surface area contributed by atoms with Gasteiger partial charge < -0.3 is 14.2 Å². The number of anilines is 6. The SMILES string of the molecule is CC1(C)c2ccccc2N(c2c3nc(-c4ccccc4)sc3c(N3c4ccccc4C(C)(C)c4ccccc43)c3nc(-c4ccccc4)oc23)c2ccccc21. The molecule has 0 bridgehead atoms. The number of fused-ring (bicyclic) bond motifs is 6. The van der Waals surface area contributed by atoms with Crippen LogP contribution in [0.3, 0.4) is 0 Å². The molecule has 0 radical (unpaired) electrons. The molecule has 0 amide bonds. The third-order valence-electron chi connectivity index (χ3n) is 11.9. The van der Waals surface area contributed by atoms with E-state index in [1.807, 2.05) is 18.2 Å². The van der Waals surface area contributed by atoms with Crippen molar-refractivity contribution in [2.75, 3.05) is 9.80 Å². The fraction of sp³-hybridized carbons (Fsp3) is 0.120. The summed E-state index contributed by atoms with van der Waals surface area (Å²) in [7, 11) is 0. The highest BCUT2D eigenvalue weighted by Gasteiger charge is 2.42. The molecule has 6 heteroatoms. The van der Waals surface area contributed by atoms with E-state index in [2.05, 4.69) is 177 Å². The van der Waals surface area contributed by atoms with Gasteiger partial charge in [-0.1, -0.05) is 149 Å². The highest BCUT2D eigenvalue weighted by atomic mass is 32.1. The van der Waals surface area contributed by atoms with Crippen LogP contribution in [0.2, 0.25) is 0 Å². The monoisotopic (exact) mass is 742 g/mol. The van der Waals surface area contributed by atoms with Crippen LogP contribution in [0.25, 0.3) is 43.3 Å². The number of benzene rings is 7. The summed E-state index contributed by atoms with van der Waals surface area (Å²) in [5, 5.41) is 0.942. The van der Waals surface area contributed by atoms with Crippen LogP contribution in [0.15, 0.2) is 162 Å². The number of hydrogen-bond donors (Lipinski definition) is 0. The summed E-state index contributed by atoms with van der Waals surface area (Å²) in [6, 6.07) is 55.9. The Bertz CT molecular complexity index is 2640. The summed E-state index contributed by atoms with van der Waals surface area (Å²) >= 11 is 1.72. The predicted octanol–water partition coefficient (Wildman–Crippen LogP) is 14.0. The molecule has 0 N–H and O–H groups in total. The number of nitrogens with zero attached hydrogens (tertiary/aromatic N) is 4. The van der Waals surface area contributed by atoms with E-state index in [0.29, 0.717) is 11.5 Å². The zero-order valence-electron chi connectivity index (χ0n) is 31.6. The molecule has 0 spiro atoms. The Balaban J connectivity index is 1.33. The summed E-state index contributed by atoms with van der Waals surface area (Å²) in [5.74, 6) is 0.571. The van der Waals surface area contributed by atoms with Crippen molar-refractivity contribution in [2.45, 2.75) is 38.5 Å². The topological polar surface area (TPSA) is 45.4 Å². The van der Waals surface area contributed by atoms with Gasteiger partial charge >= 0.3 is 0 Å². The fourth-order valence-electron chi connectivity index (χ4n) is 9.14. The molecule has 0 unspecified atom stereocenters. The van der Waals surface area contributed by atoms with E-state index in [1.165, 1.54) is 22.3 Å². The first-order chi connectivity index (χ1) is 27.3. The van der Waals surface area contributed by atoms with Gasteiger partial charge in [0.25, 0.3) is 0 Å². The van der Waals surface area contributed by atoms with Crippen LogP contribution in [0, 0.1) is 0 Å². The van der Waals surface area contributed by atoms with Crippen molar-refractivity contribution < 1.29 is 4.42 Å². The Hall–Kier alpha value is -6.50. The Morgan fingerprint density at radius 1 is 0.446 bits per heavy atom. The van der Waals surface area contributed by atoms with E-state index >= 15 is 0 Å². The lowest BCUT2D eigenvalue weighted by atomic mass is 9.73. The van der Waals surface area contributed by atoms with Gasteiger partial charge in [0, 0.05) is 22.0 Å². The number of thiazole rings is 1. The molecular weight excluding hydrogens is 705 g/mol. The van der Waals surface area contributed by atoms with Crippen molar-refractivity contribution in [1.82, 2.24) is 9.97 Å². The second-order valence-corrected chi connectivity index (χ2v) is 16.8. The third kappa shape index (κ3) is 4.60. The molecule has 56 heavy (non-hydrogen) atoms. The van der Waals surface area contributed by atoms with Crippen molar-refractivity contribution in [1.29, 1.82) is 0 Å². The maximum absolute atomic E-state index is 7.18. The smallest absolute Gasteiger partial charge is 0.227 e. The third-order valence-corrected chi connectivity index (χ3v) is 13.0. The van der Waals surface area contributed by atoms with Crippen LogP contribution in [-0.2, 0) is 10.8 Å². The molecule has 9 aromatic rings. The van der Waals surface area contributed by atoms with Crippen LogP contribution < -0.4 is 9.80 Å². The van der Waals surface area contributed by atoms with Gasteiger partial charge in [-0.25, -0.2) is 9.97 Å². The van der Waals surface area contributed by atoms with Gasteiger partial charge in [0.05, 0.1) is 33.1 Å². The lowest BCUT2D eigenvalue weighted by Gasteiger charge is -2.43. The van der Waals surface area contributed by atoms with Crippen LogP contribution >= 0.6 is 11.3 Å². The summed E-state index contributed by atoms with van der Waals surface area (Å²) in [5.41, 5.74) is 15.2. The summed E-state index contributed by atoms with van der Waals surface area (Å²) in [4.78, 5) is 16.0. The lowest BCUT2D eigenvalue weighted by molar-refractivity contribution is 0.617. The maximum atomic E-state index is 7.18. The number of oxazole rings is 1. The Morgan fingerprint density at radius 2 is 0.857 bits per heavy atom. The minimum absolute atomic E-state index is 0.224. The average Bonchev–Trinajstić information content (AvgIpc) is 3.88. The molecule has 7 aromatic carbocycles. The largest absolute Gasteiger partial charge is 0.434 e. The van der Waals surface area contributed by atoms with Crippen LogP contribution in [0.1, 0.15) is 49.9 Å². The summed E-state index contributed by atoms with van der Waals surface area (Å²) < 4.78 is 8.22. The van der Waals surface area contributed by atoms with E-state index in [0.717, 1.165) is 66.0 Å². The zero-order valence-corrected chi connectivity index (χ0v) is 32.4. The molecule has 0 saturated carbocycles. The molecule has 0 aliphatic carbocycles. The first-order valence-electron chi connectivity index (χ1n) is 19.2. The minimum atomic E-state index is -0.232. The van der Waals surface area contributed by atoms with Crippen LogP contribution in [0.5, 0.6) is 0 Å². The van der Waals surface area contributed by atoms with E-state index in [-0.39, 0.29) is 10.8 Å². The van der Waals surface area contributed by atoms with Gasteiger partial charge in [-0.3, -0.25) is 0 Å². The molecule has 5 nitrogen and oxygen atoms in total. The second-order valence-electron chi connectivity index (χ2n) is 15.8. The van der Waals surface area contributed by atoms with Gasteiger partial charge in [0.15, 0.2) is 5.58 Å². The molecule has 2 aliphatic heterocycles. The van der Waals surface area contributed by atoms with Crippen molar-refractivity contribution in [2.24, 2.45) is 0 Å². The number of para-hydroxylation sites is 4. The number of rotatable bonds is 4. The van der Waals surface area contributed by atoms with Crippen molar-refractivity contribution in [3.05, 3.63) is 180 Å². The standard InChI is InChI=1S/C50H38N4OS/c1-49(2)33-23-11-15-27-37(33)53(38-28-16-12-24-34(38)49)43-42-46(56-48(52-42)32-21-9-6-10-22-32)44(41-45(43)55-47(51-41)31-19-7-5-8-20-31)54-39-29-17-13-25-35(39)50(3,4)36-26-14-18-30-40(36)54/h5-30H,1-4H3. The summed E-state index contributed by atoms with van der Waals surface area (Å²) in [6.45, 7) is 9.29. The molecule has 2 aromatic heterocycles. The molecule has 0 saturated heterocycles. The lowest BCUT2D eigenvalue weighted by Crippen LogP contribution is -2.31.